The van der Waals surface area contributed by atoms with Crippen molar-refractivity contribution in [3.05, 3.63) is 65.7 Å². The number of methoxy groups -OCH3 is 2. The van der Waals surface area contributed by atoms with Crippen LogP contribution in [0.2, 0.25) is 0 Å². The Morgan fingerprint density at radius 1 is 1.05 bits per heavy atom. The highest BCUT2D eigenvalue weighted by Gasteiger charge is 2.19. The van der Waals surface area contributed by atoms with Crippen molar-refractivity contribution in [3.8, 4) is 5.75 Å². The van der Waals surface area contributed by atoms with Crippen LogP contribution in [-0.2, 0) is 11.2 Å². The molecule has 1 atom stereocenters. The molecule has 21 heavy (non-hydrogen) atoms. The van der Waals surface area contributed by atoms with E-state index in [0.29, 0.717) is 6.42 Å². The molecule has 4 nitrogen and oxygen atoms in total. The quantitative estimate of drug-likeness (QED) is 0.916. The van der Waals surface area contributed by atoms with Gasteiger partial charge in [0.05, 0.1) is 20.3 Å². The minimum atomic E-state index is -0.457. The molecule has 2 aromatic carbocycles. The van der Waals surface area contributed by atoms with Gasteiger partial charge in [0.1, 0.15) is 5.75 Å². The van der Waals surface area contributed by atoms with Crippen LogP contribution in [0.15, 0.2) is 54.6 Å². The predicted octanol–water partition coefficient (Wildman–Crippen LogP) is 3.34. The number of carbonyl (C=O) groups excluding carboxylic acids is 1. The summed E-state index contributed by atoms with van der Waals surface area (Å²) < 4.78 is 10.1. The molecule has 0 saturated heterocycles. The first kappa shape index (κ1) is 14.9. The molecule has 1 N–H and O–H groups in total. The molecule has 0 aromatic heterocycles. The molecule has 0 spiro atoms. The topological polar surface area (TPSA) is 47.6 Å². The lowest BCUT2D eigenvalue weighted by molar-refractivity contribution is 0.166. The number of hydrogen-bond acceptors (Lipinski definition) is 3. The molecule has 1 amide bonds. The minimum Gasteiger partial charge on any atom is -0.496 e. The summed E-state index contributed by atoms with van der Waals surface area (Å²) in [5.74, 6) is 0.745. The molecule has 1 unspecified atom stereocenters. The molecule has 0 aliphatic heterocycles. The van der Waals surface area contributed by atoms with E-state index in [9.17, 15) is 4.79 Å². The Morgan fingerprint density at radius 2 is 1.71 bits per heavy atom. The zero-order valence-electron chi connectivity index (χ0n) is 12.2. The Balaban J connectivity index is 2.29. The Kier molecular flexibility index (Phi) is 5.21. The SMILES string of the molecule is COC(=O)NC(Cc1ccccc1)c1ccccc1OC. The molecule has 0 radical (unpaired) electrons. The van der Waals surface area contributed by atoms with Crippen molar-refractivity contribution in [3.63, 3.8) is 0 Å². The van der Waals surface area contributed by atoms with Crippen molar-refractivity contribution in [2.45, 2.75) is 12.5 Å². The van der Waals surface area contributed by atoms with E-state index in [0.717, 1.165) is 16.9 Å². The van der Waals surface area contributed by atoms with Crippen molar-refractivity contribution >= 4 is 6.09 Å². The molecular formula is C17H19NO3. The van der Waals surface area contributed by atoms with E-state index in [2.05, 4.69) is 5.32 Å². The van der Waals surface area contributed by atoms with E-state index in [-0.39, 0.29) is 6.04 Å². The Hall–Kier alpha value is -2.49. The summed E-state index contributed by atoms with van der Waals surface area (Å²) in [6, 6.07) is 17.4. The monoisotopic (exact) mass is 285 g/mol. The van der Waals surface area contributed by atoms with Crippen LogP contribution in [0.5, 0.6) is 5.75 Å². The summed E-state index contributed by atoms with van der Waals surface area (Å²) in [5, 5.41) is 2.87. The number of para-hydroxylation sites is 1. The standard InChI is InChI=1S/C17H19NO3/c1-20-16-11-7-6-10-14(16)15(18-17(19)21-2)12-13-8-4-3-5-9-13/h3-11,15H,12H2,1-2H3,(H,18,19). The molecule has 4 heteroatoms. The fourth-order valence-electron chi connectivity index (χ4n) is 2.24. The zero-order valence-corrected chi connectivity index (χ0v) is 12.2. The third-order valence-electron chi connectivity index (χ3n) is 3.27. The van der Waals surface area contributed by atoms with Crippen LogP contribution in [-0.4, -0.2) is 20.3 Å². The second-order valence-electron chi connectivity index (χ2n) is 4.62. The number of benzene rings is 2. The lowest BCUT2D eigenvalue weighted by Gasteiger charge is -2.20. The smallest absolute Gasteiger partial charge is 0.407 e. The van der Waals surface area contributed by atoms with Crippen molar-refractivity contribution in [2.75, 3.05) is 14.2 Å². The van der Waals surface area contributed by atoms with Gasteiger partial charge in [-0.3, -0.25) is 0 Å². The van der Waals surface area contributed by atoms with Gasteiger partial charge in [-0.2, -0.15) is 0 Å². The minimum absolute atomic E-state index is 0.212. The van der Waals surface area contributed by atoms with Crippen LogP contribution in [0.25, 0.3) is 0 Å². The lowest BCUT2D eigenvalue weighted by Crippen LogP contribution is -2.30. The largest absolute Gasteiger partial charge is 0.496 e. The first-order chi connectivity index (χ1) is 10.2. The number of hydrogen-bond donors (Lipinski definition) is 1. The van der Waals surface area contributed by atoms with Gasteiger partial charge in [0.25, 0.3) is 0 Å². The molecule has 2 aromatic rings. The van der Waals surface area contributed by atoms with Crippen LogP contribution < -0.4 is 10.1 Å². The highest BCUT2D eigenvalue weighted by molar-refractivity contribution is 5.68. The average Bonchev–Trinajstić information content (AvgIpc) is 2.55. The van der Waals surface area contributed by atoms with Gasteiger partial charge in [-0.1, -0.05) is 48.5 Å². The maximum atomic E-state index is 11.6. The summed E-state index contributed by atoms with van der Waals surface area (Å²) >= 11 is 0. The van der Waals surface area contributed by atoms with Gasteiger partial charge in [0.2, 0.25) is 0 Å². The Bertz CT molecular complexity index is 584. The fourth-order valence-corrected chi connectivity index (χ4v) is 2.24. The maximum Gasteiger partial charge on any atom is 0.407 e. The van der Waals surface area contributed by atoms with Crippen LogP contribution in [0, 0.1) is 0 Å². The molecule has 0 aliphatic rings. The summed E-state index contributed by atoms with van der Waals surface area (Å²) in [5.41, 5.74) is 2.05. The molecular weight excluding hydrogens is 266 g/mol. The summed E-state index contributed by atoms with van der Waals surface area (Å²) in [4.78, 5) is 11.6. The summed E-state index contributed by atoms with van der Waals surface area (Å²) in [6.07, 6.45) is 0.206. The van der Waals surface area contributed by atoms with Gasteiger partial charge >= 0.3 is 6.09 Å². The summed E-state index contributed by atoms with van der Waals surface area (Å²) in [7, 11) is 2.98. The number of ether oxygens (including phenoxy) is 2. The van der Waals surface area contributed by atoms with Crippen molar-refractivity contribution in [1.29, 1.82) is 0 Å². The molecule has 0 bridgehead atoms. The van der Waals surface area contributed by atoms with Gasteiger partial charge in [-0.15, -0.1) is 0 Å². The number of nitrogens with one attached hydrogen (secondary N) is 1. The van der Waals surface area contributed by atoms with Crippen molar-refractivity contribution in [1.82, 2.24) is 5.32 Å². The Morgan fingerprint density at radius 3 is 2.38 bits per heavy atom. The maximum absolute atomic E-state index is 11.6. The normalized spacial score (nSPS) is 11.5. The first-order valence-corrected chi connectivity index (χ1v) is 6.76. The highest BCUT2D eigenvalue weighted by atomic mass is 16.5. The van der Waals surface area contributed by atoms with Crippen molar-refractivity contribution in [2.24, 2.45) is 0 Å². The van der Waals surface area contributed by atoms with Gasteiger partial charge in [0.15, 0.2) is 0 Å². The van der Waals surface area contributed by atoms with E-state index in [1.807, 2.05) is 54.6 Å². The van der Waals surface area contributed by atoms with Crippen LogP contribution in [0.3, 0.4) is 0 Å². The lowest BCUT2D eigenvalue weighted by atomic mass is 9.98. The van der Waals surface area contributed by atoms with E-state index in [1.165, 1.54) is 7.11 Å². The van der Waals surface area contributed by atoms with Gasteiger partial charge < -0.3 is 14.8 Å². The average molecular weight is 285 g/mol. The van der Waals surface area contributed by atoms with E-state index in [4.69, 9.17) is 9.47 Å². The number of alkyl carbamates (subject to hydrolysis) is 1. The van der Waals surface area contributed by atoms with Gasteiger partial charge in [-0.25, -0.2) is 4.79 Å². The van der Waals surface area contributed by atoms with Crippen LogP contribution in [0.4, 0.5) is 4.79 Å². The van der Waals surface area contributed by atoms with E-state index < -0.39 is 6.09 Å². The van der Waals surface area contributed by atoms with Crippen LogP contribution >= 0.6 is 0 Å². The van der Waals surface area contributed by atoms with E-state index >= 15 is 0 Å². The molecule has 110 valence electrons. The Labute approximate surface area is 124 Å². The number of amides is 1. The van der Waals surface area contributed by atoms with Gasteiger partial charge in [0, 0.05) is 5.56 Å². The molecule has 2 rings (SSSR count). The zero-order chi connectivity index (χ0) is 15.1. The number of rotatable bonds is 5. The summed E-state index contributed by atoms with van der Waals surface area (Å²) in [6.45, 7) is 0. The molecule has 0 heterocycles. The third-order valence-corrected chi connectivity index (χ3v) is 3.27. The second-order valence-corrected chi connectivity index (χ2v) is 4.62. The first-order valence-electron chi connectivity index (χ1n) is 6.76. The second kappa shape index (κ2) is 7.33. The molecule has 0 aliphatic carbocycles. The third kappa shape index (κ3) is 3.99. The van der Waals surface area contributed by atoms with Crippen LogP contribution in [0.1, 0.15) is 17.2 Å². The molecule has 0 fully saturated rings. The van der Waals surface area contributed by atoms with E-state index in [1.54, 1.807) is 7.11 Å². The highest BCUT2D eigenvalue weighted by Crippen LogP contribution is 2.27. The van der Waals surface area contributed by atoms with Gasteiger partial charge in [-0.05, 0) is 18.1 Å². The number of carbonyl (C=O) groups is 1. The predicted molar refractivity (Wildman–Crippen MR) is 81.4 cm³/mol. The van der Waals surface area contributed by atoms with Crippen molar-refractivity contribution < 1.29 is 14.3 Å². The fraction of sp³-hybridized carbons (Fsp3) is 0.235. The molecule has 0 saturated carbocycles.